The predicted molar refractivity (Wildman–Crippen MR) is 177 cm³/mol. The zero-order valence-corrected chi connectivity index (χ0v) is 26.4. The van der Waals surface area contributed by atoms with E-state index in [2.05, 4.69) is 29.7 Å². The zero-order valence-electron chi connectivity index (χ0n) is 25.6. The molecule has 2 heterocycles. The lowest BCUT2D eigenvalue weighted by molar-refractivity contribution is -0.113. The van der Waals surface area contributed by atoms with E-state index >= 15 is 0 Å². The van der Waals surface area contributed by atoms with Crippen molar-refractivity contribution >= 4 is 29.3 Å². The van der Waals surface area contributed by atoms with Crippen molar-refractivity contribution in [3.8, 4) is 5.75 Å². The summed E-state index contributed by atoms with van der Waals surface area (Å²) in [6.07, 6.45) is 0. The van der Waals surface area contributed by atoms with Crippen molar-refractivity contribution in [2.45, 2.75) is 51.3 Å². The molecule has 0 spiro atoms. The molecule has 0 saturated carbocycles. The van der Waals surface area contributed by atoms with E-state index in [0.717, 1.165) is 33.7 Å². The fourth-order valence-electron chi connectivity index (χ4n) is 5.41. The Morgan fingerprint density at radius 3 is 2.49 bits per heavy atom. The van der Waals surface area contributed by atoms with Crippen LogP contribution in [0.1, 0.15) is 46.3 Å². The Kier molecular flexibility index (Phi) is 8.71. The molecule has 1 aromatic heterocycles. The van der Waals surface area contributed by atoms with E-state index < -0.39 is 6.04 Å². The third-order valence-corrected chi connectivity index (χ3v) is 8.59. The number of aryl methyl sites for hydroxylation is 3. The first kappa shape index (κ1) is 30.1. The number of hydrogen-bond acceptors (Lipinski definition) is 6. The molecule has 0 saturated heterocycles. The van der Waals surface area contributed by atoms with Gasteiger partial charge in [-0.3, -0.25) is 4.79 Å². The smallest absolute Gasteiger partial charge is 0.255 e. The van der Waals surface area contributed by atoms with Crippen LogP contribution >= 0.6 is 11.8 Å². The van der Waals surface area contributed by atoms with Gasteiger partial charge in [0.15, 0.2) is 0 Å². The number of aromatic nitrogens is 3. The number of carbonyl (C=O) groups is 1. The molecular weight excluding hydrogens is 585 g/mol. The van der Waals surface area contributed by atoms with E-state index in [0.29, 0.717) is 40.3 Å². The summed E-state index contributed by atoms with van der Waals surface area (Å²) < 4.78 is 22.1. The van der Waals surface area contributed by atoms with Crippen LogP contribution < -0.4 is 15.4 Å². The van der Waals surface area contributed by atoms with Crippen LogP contribution in [0.5, 0.6) is 5.75 Å². The molecule has 1 aliphatic rings. The zero-order chi connectivity index (χ0) is 31.5. The second-order valence-electron chi connectivity index (χ2n) is 11.2. The van der Waals surface area contributed by atoms with E-state index in [4.69, 9.17) is 14.8 Å². The van der Waals surface area contributed by atoms with Gasteiger partial charge in [0.2, 0.25) is 11.1 Å². The second-order valence-corrected chi connectivity index (χ2v) is 12.2. The molecule has 0 radical (unpaired) electrons. The van der Waals surface area contributed by atoms with Crippen molar-refractivity contribution in [1.82, 2.24) is 14.8 Å². The highest BCUT2D eigenvalue weighted by Gasteiger charge is 2.34. The molecule has 4 aromatic carbocycles. The summed E-state index contributed by atoms with van der Waals surface area (Å²) in [7, 11) is 0. The summed E-state index contributed by atoms with van der Waals surface area (Å²) >= 11 is 1.34. The summed E-state index contributed by atoms with van der Waals surface area (Å²) in [6, 6.07) is 28.0. The maximum absolute atomic E-state index is 14.3. The largest absolute Gasteiger partial charge is 0.489 e. The Bertz CT molecular complexity index is 1900. The molecule has 6 rings (SSSR count). The van der Waals surface area contributed by atoms with Gasteiger partial charge in [0, 0.05) is 17.1 Å². The number of rotatable bonds is 9. The van der Waals surface area contributed by atoms with Crippen LogP contribution in [-0.4, -0.2) is 20.7 Å². The molecule has 1 atom stereocenters. The van der Waals surface area contributed by atoms with Crippen molar-refractivity contribution in [2.24, 2.45) is 0 Å². The Hall–Kier alpha value is -4.89. The molecular formula is C36H34FN5O2S. The first-order chi connectivity index (χ1) is 21.7. The number of carbonyl (C=O) groups excluding carboxylic acids is 1. The lowest BCUT2D eigenvalue weighted by atomic mass is 9.94. The Balaban J connectivity index is 1.30. The third-order valence-electron chi connectivity index (χ3n) is 7.71. The highest BCUT2D eigenvalue weighted by atomic mass is 32.2. The highest BCUT2D eigenvalue weighted by molar-refractivity contribution is 7.98. The van der Waals surface area contributed by atoms with Crippen LogP contribution in [0.3, 0.4) is 0 Å². The molecule has 5 aromatic rings. The predicted octanol–water partition coefficient (Wildman–Crippen LogP) is 8.14. The fourth-order valence-corrected chi connectivity index (χ4v) is 6.23. The molecule has 9 heteroatoms. The normalized spacial score (nSPS) is 14.1. The van der Waals surface area contributed by atoms with E-state index in [-0.39, 0.29) is 11.7 Å². The van der Waals surface area contributed by atoms with E-state index in [1.54, 1.807) is 16.8 Å². The monoisotopic (exact) mass is 619 g/mol. The molecule has 228 valence electrons. The first-order valence-corrected chi connectivity index (χ1v) is 15.7. The number of fused-ring (bicyclic) bond motifs is 1. The van der Waals surface area contributed by atoms with Gasteiger partial charge in [-0.2, -0.15) is 4.98 Å². The van der Waals surface area contributed by atoms with Gasteiger partial charge in [0.1, 0.15) is 24.2 Å². The minimum atomic E-state index is -0.562. The van der Waals surface area contributed by atoms with Gasteiger partial charge in [-0.05, 0) is 74.2 Å². The van der Waals surface area contributed by atoms with Crippen LogP contribution in [0.25, 0.3) is 0 Å². The Morgan fingerprint density at radius 1 is 0.956 bits per heavy atom. The molecule has 0 aliphatic carbocycles. The minimum Gasteiger partial charge on any atom is -0.489 e. The van der Waals surface area contributed by atoms with E-state index in [1.165, 1.54) is 23.4 Å². The van der Waals surface area contributed by atoms with Gasteiger partial charge >= 0.3 is 0 Å². The fraction of sp³-hybridized carbons (Fsp3) is 0.194. The molecule has 0 bridgehead atoms. The van der Waals surface area contributed by atoms with Crippen LogP contribution in [-0.2, 0) is 17.2 Å². The number of allylic oxidation sites excluding steroid dienone is 1. The first-order valence-electron chi connectivity index (χ1n) is 14.7. The summed E-state index contributed by atoms with van der Waals surface area (Å²) in [4.78, 5) is 18.7. The quantitative estimate of drug-likeness (QED) is 0.162. The van der Waals surface area contributed by atoms with Crippen LogP contribution in [0, 0.1) is 26.6 Å². The third kappa shape index (κ3) is 6.78. The van der Waals surface area contributed by atoms with Gasteiger partial charge in [0.25, 0.3) is 5.91 Å². The number of thioether (sulfide) groups is 1. The standard InChI is InChI=1S/C36H34FN5O2S/c1-22-8-7-9-26(19-22)20-44-29-15-13-27(14-16-29)33-32(34(43)39-31-17-12-23(2)18-24(31)3)25(4)38-35-40-36(41-42(33)35)45-21-28-10-5-6-11-30(28)37/h5-19,33H,20-21H2,1-4H3,(H,39,43)(H,38,40,41). The topological polar surface area (TPSA) is 81.1 Å². The maximum atomic E-state index is 14.3. The van der Waals surface area contributed by atoms with Gasteiger partial charge in [-0.25, -0.2) is 9.07 Å². The maximum Gasteiger partial charge on any atom is 0.255 e. The van der Waals surface area contributed by atoms with Crippen molar-refractivity contribution in [2.75, 3.05) is 10.6 Å². The Labute approximate surface area is 266 Å². The molecule has 0 fully saturated rings. The van der Waals surface area contributed by atoms with Crippen LogP contribution in [0.4, 0.5) is 16.0 Å². The second kappa shape index (κ2) is 13.0. The number of nitrogens with one attached hydrogen (secondary N) is 2. The minimum absolute atomic E-state index is 0.238. The number of nitrogens with zero attached hydrogens (tertiary/aromatic N) is 3. The number of benzene rings is 4. The van der Waals surface area contributed by atoms with Crippen LogP contribution in [0.2, 0.25) is 0 Å². The van der Waals surface area contributed by atoms with Gasteiger partial charge in [0.05, 0.1) is 5.57 Å². The lowest BCUT2D eigenvalue weighted by Gasteiger charge is -2.29. The van der Waals surface area contributed by atoms with Crippen molar-refractivity contribution in [3.63, 3.8) is 0 Å². The van der Waals surface area contributed by atoms with Gasteiger partial charge < -0.3 is 15.4 Å². The highest BCUT2D eigenvalue weighted by Crippen LogP contribution is 2.38. The molecule has 2 N–H and O–H groups in total. The number of amides is 1. The van der Waals surface area contributed by atoms with Crippen molar-refractivity contribution in [1.29, 1.82) is 0 Å². The van der Waals surface area contributed by atoms with Gasteiger partial charge in [-0.15, -0.1) is 5.10 Å². The molecule has 7 nitrogen and oxygen atoms in total. The number of ether oxygens (including phenoxy) is 1. The number of hydrogen-bond donors (Lipinski definition) is 2. The van der Waals surface area contributed by atoms with E-state index in [9.17, 15) is 9.18 Å². The molecule has 1 amide bonds. The summed E-state index contributed by atoms with van der Waals surface area (Å²) in [5.41, 5.74) is 7.73. The van der Waals surface area contributed by atoms with E-state index in [1.807, 2.05) is 81.4 Å². The molecule has 1 aliphatic heterocycles. The lowest BCUT2D eigenvalue weighted by Crippen LogP contribution is -2.31. The van der Waals surface area contributed by atoms with Gasteiger partial charge in [-0.1, -0.05) is 89.6 Å². The van der Waals surface area contributed by atoms with Crippen molar-refractivity contribution < 1.29 is 13.9 Å². The summed E-state index contributed by atoms with van der Waals surface area (Å²) in [5.74, 6) is 1.10. The average molecular weight is 620 g/mol. The van der Waals surface area contributed by atoms with Crippen LogP contribution in [0.15, 0.2) is 107 Å². The average Bonchev–Trinajstić information content (AvgIpc) is 3.43. The molecule has 45 heavy (non-hydrogen) atoms. The number of halogens is 1. The summed E-state index contributed by atoms with van der Waals surface area (Å²) in [5, 5.41) is 11.7. The molecule has 1 unspecified atom stereocenters. The summed E-state index contributed by atoms with van der Waals surface area (Å²) in [6.45, 7) is 8.38. The Morgan fingerprint density at radius 2 is 1.73 bits per heavy atom. The number of anilines is 2. The SMILES string of the molecule is CC1=C(C(=O)Nc2ccc(C)cc2C)C(c2ccc(OCc3cccc(C)c3)cc2)n2nc(SCc3ccccc3F)nc2N1. The van der Waals surface area contributed by atoms with Crippen molar-refractivity contribution in [3.05, 3.63) is 141 Å².